The second-order valence-electron chi connectivity index (χ2n) is 12.3. The predicted molar refractivity (Wildman–Crippen MR) is 171 cm³/mol. The molecule has 6 N–H and O–H groups in total. The highest BCUT2D eigenvalue weighted by Crippen LogP contribution is 2.37. The van der Waals surface area contributed by atoms with Crippen LogP contribution in [0.5, 0.6) is 0 Å². The van der Waals surface area contributed by atoms with Gasteiger partial charge in [0, 0.05) is 77.0 Å². The Morgan fingerprint density at radius 3 is 2.30 bits per heavy atom. The summed E-state index contributed by atoms with van der Waals surface area (Å²) in [6, 6.07) is -0.414. The van der Waals surface area contributed by atoms with Crippen molar-refractivity contribution in [2.45, 2.75) is 90.5 Å². The molecular formula is C33H44N4O6S. The van der Waals surface area contributed by atoms with Gasteiger partial charge in [0.15, 0.2) is 0 Å². The minimum atomic E-state index is -0.893. The molecular weight excluding hydrogens is 580 g/mol. The fourth-order valence-corrected chi connectivity index (χ4v) is 7.38. The van der Waals surface area contributed by atoms with Crippen LogP contribution in [0.3, 0.4) is 0 Å². The number of hydrogen-bond donors (Lipinski definition) is 7. The van der Waals surface area contributed by atoms with Crippen molar-refractivity contribution in [3.8, 4) is 0 Å². The number of carboxylic acid groups (broad SMARTS) is 2. The second kappa shape index (κ2) is 13.5. The van der Waals surface area contributed by atoms with Crippen LogP contribution in [0.4, 0.5) is 0 Å². The standard InChI is InChI=1S/C33H44N4O6S/c1-7-20-15(2)25(36-33(20)43)12-23-16(3)21(8-10-29(38)39)26(34-23)14-27-22(9-11-30(40)41)17(4)24(35-27)13-28-31(19(6)44)18(5)32(42)37-28/h7,13,17-19,25,28,31,34-35,44H,1,8-12,14H2,2-6H3,(H,36,43)(H,37,42)(H,38,39)(H,40,41)/b24-13+/t17?,18-,19+,25-,28?,31+/m1/s1. The summed E-state index contributed by atoms with van der Waals surface area (Å²) in [5.41, 5.74) is 7.89. The molecule has 1 aromatic rings. The molecule has 4 heterocycles. The van der Waals surface area contributed by atoms with Crippen LogP contribution in [0, 0.1) is 24.7 Å². The summed E-state index contributed by atoms with van der Waals surface area (Å²) < 4.78 is 0. The third-order valence-electron chi connectivity index (χ3n) is 9.53. The number of aromatic amines is 1. The lowest BCUT2D eigenvalue weighted by Gasteiger charge is -2.23. The smallest absolute Gasteiger partial charge is 0.303 e. The summed E-state index contributed by atoms with van der Waals surface area (Å²) in [6.45, 7) is 13.6. The van der Waals surface area contributed by atoms with Crippen LogP contribution in [0.15, 0.2) is 46.8 Å². The molecule has 238 valence electrons. The van der Waals surface area contributed by atoms with Crippen molar-refractivity contribution < 1.29 is 29.4 Å². The van der Waals surface area contributed by atoms with E-state index in [0.717, 1.165) is 45.1 Å². The van der Waals surface area contributed by atoms with Crippen molar-refractivity contribution in [3.63, 3.8) is 0 Å². The monoisotopic (exact) mass is 624 g/mol. The molecule has 1 aromatic heterocycles. The maximum atomic E-state index is 12.5. The van der Waals surface area contributed by atoms with Crippen LogP contribution in [0.2, 0.25) is 0 Å². The number of hydrogen-bond acceptors (Lipinski definition) is 6. The summed E-state index contributed by atoms with van der Waals surface area (Å²) in [5, 5.41) is 28.6. The highest BCUT2D eigenvalue weighted by Gasteiger charge is 2.41. The zero-order valence-electron chi connectivity index (χ0n) is 26.0. The van der Waals surface area contributed by atoms with E-state index in [4.69, 9.17) is 0 Å². The summed E-state index contributed by atoms with van der Waals surface area (Å²) in [7, 11) is 0. The molecule has 2 amide bonds. The van der Waals surface area contributed by atoms with Gasteiger partial charge in [0.2, 0.25) is 5.91 Å². The van der Waals surface area contributed by atoms with Crippen LogP contribution in [-0.4, -0.2) is 56.3 Å². The van der Waals surface area contributed by atoms with Gasteiger partial charge in [-0.2, -0.15) is 12.6 Å². The number of carbonyl (C=O) groups excluding carboxylic acids is 2. The molecule has 4 rings (SSSR count). The van der Waals surface area contributed by atoms with E-state index in [1.54, 1.807) is 6.08 Å². The number of rotatable bonds is 13. The first-order valence-electron chi connectivity index (χ1n) is 15.2. The number of allylic oxidation sites excluding steroid dienone is 2. The molecule has 0 saturated carbocycles. The van der Waals surface area contributed by atoms with E-state index in [9.17, 15) is 29.4 Å². The van der Waals surface area contributed by atoms with Gasteiger partial charge in [-0.05, 0) is 55.0 Å². The largest absolute Gasteiger partial charge is 0.481 e. The van der Waals surface area contributed by atoms with E-state index >= 15 is 0 Å². The van der Waals surface area contributed by atoms with Gasteiger partial charge in [-0.25, -0.2) is 0 Å². The fourth-order valence-electron chi connectivity index (χ4n) is 6.94. The van der Waals surface area contributed by atoms with E-state index in [1.807, 2.05) is 40.7 Å². The lowest BCUT2D eigenvalue weighted by atomic mass is 9.87. The zero-order chi connectivity index (χ0) is 32.5. The molecule has 0 spiro atoms. The molecule has 0 radical (unpaired) electrons. The average Bonchev–Trinajstić information content (AvgIpc) is 3.59. The number of thiol groups is 1. The Labute approximate surface area is 263 Å². The summed E-state index contributed by atoms with van der Waals surface area (Å²) >= 11 is 4.65. The molecule has 3 aliphatic heterocycles. The van der Waals surface area contributed by atoms with E-state index in [0.29, 0.717) is 31.3 Å². The number of nitrogens with one attached hydrogen (secondary N) is 4. The van der Waals surface area contributed by atoms with Gasteiger partial charge >= 0.3 is 11.9 Å². The highest BCUT2D eigenvalue weighted by molar-refractivity contribution is 7.80. The number of H-pyrrole nitrogens is 1. The van der Waals surface area contributed by atoms with Gasteiger partial charge in [-0.1, -0.05) is 33.4 Å². The van der Waals surface area contributed by atoms with Crippen molar-refractivity contribution in [1.82, 2.24) is 20.9 Å². The van der Waals surface area contributed by atoms with Gasteiger partial charge in [-0.3, -0.25) is 19.2 Å². The Hall–Kier alpha value is -3.73. The molecule has 6 atom stereocenters. The summed E-state index contributed by atoms with van der Waals surface area (Å²) in [5.74, 6) is -2.21. The molecule has 0 aliphatic carbocycles. The molecule has 2 unspecified atom stereocenters. The van der Waals surface area contributed by atoms with Crippen molar-refractivity contribution in [2.75, 3.05) is 0 Å². The fraction of sp³-hybridized carbons (Fsp3) is 0.515. The molecule has 0 aromatic carbocycles. The number of aromatic nitrogens is 1. The van der Waals surface area contributed by atoms with Crippen molar-refractivity contribution in [2.24, 2.45) is 17.8 Å². The van der Waals surface area contributed by atoms with Gasteiger partial charge in [0.1, 0.15) is 0 Å². The molecule has 11 heteroatoms. The Bertz CT molecular complexity index is 1470. The van der Waals surface area contributed by atoms with Crippen LogP contribution >= 0.6 is 12.6 Å². The Balaban J connectivity index is 1.68. The zero-order valence-corrected chi connectivity index (χ0v) is 26.9. The second-order valence-corrected chi connectivity index (χ2v) is 13.1. The van der Waals surface area contributed by atoms with E-state index < -0.39 is 11.9 Å². The molecule has 44 heavy (non-hydrogen) atoms. The van der Waals surface area contributed by atoms with Crippen molar-refractivity contribution in [1.29, 1.82) is 0 Å². The van der Waals surface area contributed by atoms with Crippen LogP contribution < -0.4 is 16.0 Å². The van der Waals surface area contributed by atoms with Crippen molar-refractivity contribution >= 4 is 36.4 Å². The maximum absolute atomic E-state index is 12.5. The third-order valence-corrected chi connectivity index (χ3v) is 9.88. The van der Waals surface area contributed by atoms with Crippen LogP contribution in [0.25, 0.3) is 0 Å². The van der Waals surface area contributed by atoms with Crippen LogP contribution in [0.1, 0.15) is 69.5 Å². The topological polar surface area (TPSA) is 161 Å². The maximum Gasteiger partial charge on any atom is 0.303 e. The minimum absolute atomic E-state index is 0.00489. The first-order chi connectivity index (χ1) is 20.7. The van der Waals surface area contributed by atoms with Gasteiger partial charge < -0.3 is 31.1 Å². The average molecular weight is 625 g/mol. The quantitative estimate of drug-likeness (QED) is 0.165. The Morgan fingerprint density at radius 1 is 1.05 bits per heavy atom. The predicted octanol–water partition coefficient (Wildman–Crippen LogP) is 3.74. The van der Waals surface area contributed by atoms with Gasteiger partial charge in [-0.15, -0.1) is 0 Å². The molecule has 1 fully saturated rings. The normalized spacial score (nSPS) is 26.7. The van der Waals surface area contributed by atoms with Gasteiger partial charge in [0.05, 0.1) is 12.1 Å². The molecule has 3 aliphatic rings. The van der Waals surface area contributed by atoms with Gasteiger partial charge in [0.25, 0.3) is 5.91 Å². The Kier molecular flexibility index (Phi) is 10.2. The van der Waals surface area contributed by atoms with Crippen LogP contribution in [-0.2, 0) is 38.4 Å². The first kappa shape index (κ1) is 33.2. The van der Waals surface area contributed by atoms with Crippen molar-refractivity contribution in [3.05, 3.63) is 69.4 Å². The summed E-state index contributed by atoms with van der Waals surface area (Å²) in [6.07, 6.45) is 5.19. The first-order valence-corrected chi connectivity index (χ1v) is 15.7. The lowest BCUT2D eigenvalue weighted by Crippen LogP contribution is -2.32. The third kappa shape index (κ3) is 6.82. The van der Waals surface area contributed by atoms with E-state index in [-0.39, 0.29) is 59.7 Å². The SMILES string of the molecule is C=CC1=C(C)[C@@H](Cc2[nH]c(CC3=C(CCC(=O)O)C(C)/C(=C\C4NC(=O)[C@H](C)[C@H]4[C@H](C)S)N3)c(CCC(=O)O)c2C)NC1=O. The lowest BCUT2D eigenvalue weighted by molar-refractivity contribution is -0.138. The molecule has 1 saturated heterocycles. The highest BCUT2D eigenvalue weighted by atomic mass is 32.1. The number of carbonyl (C=O) groups is 4. The minimum Gasteiger partial charge on any atom is -0.481 e. The molecule has 0 bridgehead atoms. The Morgan fingerprint density at radius 2 is 1.70 bits per heavy atom. The number of amides is 2. The molecule has 10 nitrogen and oxygen atoms in total. The number of aliphatic carboxylic acids is 2. The van der Waals surface area contributed by atoms with E-state index in [2.05, 4.69) is 40.1 Å². The summed E-state index contributed by atoms with van der Waals surface area (Å²) in [4.78, 5) is 51.6. The van der Waals surface area contributed by atoms with E-state index in [1.165, 1.54) is 0 Å². The number of carboxylic acids is 2.